The lowest BCUT2D eigenvalue weighted by Gasteiger charge is -2.12. The number of carbonyl (C=O) groups is 2. The van der Waals surface area contributed by atoms with Crippen LogP contribution >= 0.6 is 0 Å². The number of aromatic amines is 1. The first kappa shape index (κ1) is 19.4. The molecule has 0 aliphatic carbocycles. The minimum Gasteiger partial charge on any atom is -0.465 e. The zero-order chi connectivity index (χ0) is 21.1. The summed E-state index contributed by atoms with van der Waals surface area (Å²) in [5.74, 6) is 0.236. The topological polar surface area (TPSA) is 99.7 Å². The number of nitrogens with one attached hydrogen (secondary N) is 2. The Morgan fingerprint density at radius 2 is 2.03 bits per heavy atom. The predicted octanol–water partition coefficient (Wildman–Crippen LogP) is 2.62. The number of aromatic nitrogens is 2. The zero-order valence-corrected chi connectivity index (χ0v) is 16.7. The minimum atomic E-state index is -0.375. The number of hydrogen-bond acceptors (Lipinski definition) is 6. The van der Waals surface area contributed by atoms with Gasteiger partial charge in [0.2, 0.25) is 0 Å². The van der Waals surface area contributed by atoms with E-state index in [9.17, 15) is 9.59 Å². The largest absolute Gasteiger partial charge is 0.465 e. The van der Waals surface area contributed by atoms with Crippen LogP contribution in [0.5, 0.6) is 0 Å². The molecule has 1 amide bonds. The van der Waals surface area contributed by atoms with E-state index in [1.807, 2.05) is 18.2 Å². The molecule has 0 saturated carbocycles. The van der Waals surface area contributed by atoms with Crippen LogP contribution in [-0.4, -0.2) is 48.8 Å². The number of ether oxygens (including phenoxy) is 1. The number of nitrogens with zero attached hydrogens (tertiary/aromatic N) is 3. The van der Waals surface area contributed by atoms with Gasteiger partial charge in [0.15, 0.2) is 0 Å². The molecule has 0 bridgehead atoms. The fourth-order valence-electron chi connectivity index (χ4n) is 3.25. The molecule has 0 fully saturated rings. The lowest BCUT2D eigenvalue weighted by Crippen LogP contribution is -2.31. The van der Waals surface area contributed by atoms with Crippen LogP contribution in [0.1, 0.15) is 32.0 Å². The van der Waals surface area contributed by atoms with E-state index in [-0.39, 0.29) is 11.9 Å². The van der Waals surface area contributed by atoms with Gasteiger partial charge in [-0.2, -0.15) is 5.10 Å². The molecule has 2 N–H and O–H groups in total. The number of fused-ring (bicyclic) bond motifs is 1. The third kappa shape index (κ3) is 3.93. The average Bonchev–Trinajstić information content (AvgIpc) is 3.23. The number of carbonyl (C=O) groups excluding carboxylic acids is 2. The number of methoxy groups -OCH3 is 1. The van der Waals surface area contributed by atoms with Crippen molar-refractivity contribution in [2.75, 3.05) is 25.7 Å². The van der Waals surface area contributed by atoms with Crippen LogP contribution in [0.3, 0.4) is 0 Å². The van der Waals surface area contributed by atoms with Gasteiger partial charge in [0.1, 0.15) is 5.82 Å². The molecule has 30 heavy (non-hydrogen) atoms. The standard InChI is InChI=1S/C22H21N5O3/c1-27(25-13-14-3-5-15(6-4-14)22(29)30-2)20-11-16(7-9-23-20)19-12-17-18(26-19)8-10-24-21(17)28/h3-7,9,11-13,26H,8,10H2,1-2H3,(H,24,28)/b25-13+. The van der Waals surface area contributed by atoms with E-state index < -0.39 is 0 Å². The SMILES string of the molecule is COC(=O)c1ccc(/C=N/N(C)c2cc(-c3cc4c([nH]3)CCNC4=O)ccn2)cc1. The summed E-state index contributed by atoms with van der Waals surface area (Å²) in [6.07, 6.45) is 4.19. The second kappa shape index (κ2) is 8.20. The van der Waals surface area contributed by atoms with Gasteiger partial charge in [-0.05, 0) is 35.9 Å². The third-order valence-corrected chi connectivity index (χ3v) is 4.90. The number of benzene rings is 1. The Balaban J connectivity index is 1.51. The molecule has 0 saturated heterocycles. The number of esters is 1. The van der Waals surface area contributed by atoms with Crippen LogP contribution < -0.4 is 10.3 Å². The number of amides is 1. The van der Waals surface area contributed by atoms with E-state index in [1.54, 1.807) is 48.7 Å². The van der Waals surface area contributed by atoms with Crippen LogP contribution in [0.2, 0.25) is 0 Å². The van der Waals surface area contributed by atoms with Crippen LogP contribution in [0, 0.1) is 0 Å². The summed E-state index contributed by atoms with van der Waals surface area (Å²) in [7, 11) is 3.16. The van der Waals surface area contributed by atoms with Crippen molar-refractivity contribution in [2.45, 2.75) is 6.42 Å². The van der Waals surface area contributed by atoms with E-state index in [1.165, 1.54) is 7.11 Å². The van der Waals surface area contributed by atoms with Gasteiger partial charge in [-0.25, -0.2) is 9.78 Å². The van der Waals surface area contributed by atoms with Gasteiger partial charge >= 0.3 is 5.97 Å². The molecule has 2 aromatic heterocycles. The van der Waals surface area contributed by atoms with Gasteiger partial charge in [-0.1, -0.05) is 12.1 Å². The maximum atomic E-state index is 12.0. The number of rotatable bonds is 5. The highest BCUT2D eigenvalue weighted by molar-refractivity contribution is 5.97. The molecule has 0 unspecified atom stereocenters. The van der Waals surface area contributed by atoms with E-state index in [0.717, 1.165) is 28.9 Å². The van der Waals surface area contributed by atoms with E-state index in [4.69, 9.17) is 4.74 Å². The third-order valence-electron chi connectivity index (χ3n) is 4.90. The summed E-state index contributed by atoms with van der Waals surface area (Å²) in [5, 5.41) is 8.94. The summed E-state index contributed by atoms with van der Waals surface area (Å²) in [4.78, 5) is 31.2. The first-order chi connectivity index (χ1) is 14.5. The Hall–Kier alpha value is -3.94. The summed E-state index contributed by atoms with van der Waals surface area (Å²) in [5.41, 5.74) is 4.77. The molecule has 0 atom stereocenters. The van der Waals surface area contributed by atoms with Gasteiger partial charge in [0.05, 0.1) is 24.5 Å². The molecule has 152 valence electrons. The summed E-state index contributed by atoms with van der Waals surface area (Å²) < 4.78 is 4.70. The van der Waals surface area contributed by atoms with Crippen molar-refractivity contribution in [2.24, 2.45) is 5.10 Å². The van der Waals surface area contributed by atoms with Crippen molar-refractivity contribution in [1.29, 1.82) is 0 Å². The molecule has 4 rings (SSSR count). The molecule has 1 aromatic carbocycles. The molecule has 0 spiro atoms. The van der Waals surface area contributed by atoms with Crippen molar-refractivity contribution in [3.8, 4) is 11.3 Å². The number of hydrogen-bond donors (Lipinski definition) is 2. The molecular weight excluding hydrogens is 382 g/mol. The highest BCUT2D eigenvalue weighted by Crippen LogP contribution is 2.26. The molecule has 1 aliphatic rings. The fraction of sp³-hybridized carbons (Fsp3) is 0.182. The van der Waals surface area contributed by atoms with Crippen molar-refractivity contribution >= 4 is 23.9 Å². The first-order valence-electron chi connectivity index (χ1n) is 9.48. The van der Waals surface area contributed by atoms with Crippen molar-refractivity contribution in [1.82, 2.24) is 15.3 Å². The highest BCUT2D eigenvalue weighted by Gasteiger charge is 2.20. The number of anilines is 1. The monoisotopic (exact) mass is 403 g/mol. The quantitative estimate of drug-likeness (QED) is 0.388. The van der Waals surface area contributed by atoms with E-state index in [2.05, 4.69) is 20.4 Å². The molecule has 3 heterocycles. The maximum Gasteiger partial charge on any atom is 0.337 e. The predicted molar refractivity (Wildman–Crippen MR) is 114 cm³/mol. The molecule has 0 radical (unpaired) electrons. The Morgan fingerprint density at radius 3 is 2.77 bits per heavy atom. The second-order valence-corrected chi connectivity index (χ2v) is 6.87. The van der Waals surface area contributed by atoms with Crippen LogP contribution in [0.4, 0.5) is 5.82 Å². The second-order valence-electron chi connectivity index (χ2n) is 6.87. The van der Waals surface area contributed by atoms with Crippen LogP contribution in [0.25, 0.3) is 11.3 Å². The van der Waals surface area contributed by atoms with Crippen molar-refractivity contribution in [3.05, 3.63) is 71.0 Å². The summed E-state index contributed by atoms with van der Waals surface area (Å²) in [6, 6.07) is 12.6. The molecule has 8 heteroatoms. The Labute approximate surface area is 173 Å². The lowest BCUT2D eigenvalue weighted by atomic mass is 10.1. The van der Waals surface area contributed by atoms with E-state index in [0.29, 0.717) is 23.5 Å². The van der Waals surface area contributed by atoms with Gasteiger partial charge in [0.25, 0.3) is 5.91 Å². The number of hydrazone groups is 1. The number of pyridine rings is 1. The van der Waals surface area contributed by atoms with Crippen molar-refractivity contribution < 1.29 is 14.3 Å². The maximum absolute atomic E-state index is 12.0. The Kier molecular flexibility index (Phi) is 5.30. The fourth-order valence-corrected chi connectivity index (χ4v) is 3.25. The normalized spacial score (nSPS) is 13.1. The van der Waals surface area contributed by atoms with Gasteiger partial charge in [0, 0.05) is 43.2 Å². The van der Waals surface area contributed by atoms with Crippen LogP contribution in [0.15, 0.2) is 53.8 Å². The summed E-state index contributed by atoms with van der Waals surface area (Å²) >= 11 is 0. The Morgan fingerprint density at radius 1 is 1.23 bits per heavy atom. The lowest BCUT2D eigenvalue weighted by molar-refractivity contribution is 0.0600. The number of H-pyrrole nitrogens is 1. The van der Waals surface area contributed by atoms with Crippen molar-refractivity contribution in [3.63, 3.8) is 0 Å². The molecular formula is C22H21N5O3. The van der Waals surface area contributed by atoms with Gasteiger partial charge in [-0.3, -0.25) is 9.80 Å². The molecule has 1 aliphatic heterocycles. The zero-order valence-electron chi connectivity index (χ0n) is 16.7. The summed E-state index contributed by atoms with van der Waals surface area (Å²) in [6.45, 7) is 0.644. The van der Waals surface area contributed by atoms with Crippen LogP contribution in [-0.2, 0) is 11.2 Å². The molecule has 3 aromatic rings. The minimum absolute atomic E-state index is 0.0482. The highest BCUT2D eigenvalue weighted by atomic mass is 16.5. The Bertz CT molecular complexity index is 1120. The van der Waals surface area contributed by atoms with E-state index >= 15 is 0 Å². The smallest absolute Gasteiger partial charge is 0.337 e. The molecule has 8 nitrogen and oxygen atoms in total. The van der Waals surface area contributed by atoms with Gasteiger partial charge < -0.3 is 15.0 Å². The average molecular weight is 403 g/mol. The van der Waals surface area contributed by atoms with Gasteiger partial charge in [-0.15, -0.1) is 0 Å². The first-order valence-corrected chi connectivity index (χ1v) is 9.48.